The van der Waals surface area contributed by atoms with E-state index in [1.165, 1.54) is 0 Å². The Morgan fingerprint density at radius 3 is 2.65 bits per heavy atom. The smallest absolute Gasteiger partial charge is 0.153 e. The van der Waals surface area contributed by atoms with Crippen LogP contribution in [0.25, 0.3) is 22.4 Å². The zero-order chi connectivity index (χ0) is 14.1. The van der Waals surface area contributed by atoms with Crippen LogP contribution in [-0.2, 0) is 0 Å². The zero-order valence-electron chi connectivity index (χ0n) is 11.3. The molecule has 6 heteroatoms. The topological polar surface area (TPSA) is 92.6 Å². The summed E-state index contributed by atoms with van der Waals surface area (Å²) in [6.45, 7) is 1.95. The molecule has 6 nitrogen and oxygen atoms in total. The standard InChI is InChI=1S/C14H15N5O/c1-8-10(7-16-17-8)13-12(14(15)19-18-13)9-5-3-4-6-11(9)20-2/h3-7H,1-2H3,(H,16,17)(H3,15,18,19). The predicted octanol–water partition coefficient (Wildman–Crippen LogP) is 2.37. The van der Waals surface area contributed by atoms with Crippen molar-refractivity contribution in [3.63, 3.8) is 0 Å². The highest BCUT2D eigenvalue weighted by molar-refractivity contribution is 5.90. The maximum atomic E-state index is 6.02. The highest BCUT2D eigenvalue weighted by atomic mass is 16.5. The lowest BCUT2D eigenvalue weighted by atomic mass is 10.0. The van der Waals surface area contributed by atoms with Gasteiger partial charge in [-0.1, -0.05) is 18.2 Å². The van der Waals surface area contributed by atoms with Crippen molar-refractivity contribution in [2.24, 2.45) is 0 Å². The van der Waals surface area contributed by atoms with Gasteiger partial charge in [0, 0.05) is 16.8 Å². The van der Waals surface area contributed by atoms with Crippen molar-refractivity contribution in [2.75, 3.05) is 12.8 Å². The summed E-state index contributed by atoms with van der Waals surface area (Å²) in [6.07, 6.45) is 1.75. The first-order chi connectivity index (χ1) is 9.72. The Labute approximate surface area is 116 Å². The fraction of sp³-hybridized carbons (Fsp3) is 0.143. The summed E-state index contributed by atoms with van der Waals surface area (Å²) in [6, 6.07) is 7.71. The molecule has 0 fully saturated rings. The normalized spacial score (nSPS) is 10.7. The molecule has 1 aromatic carbocycles. The molecule has 0 radical (unpaired) electrons. The Balaban J connectivity index is 2.25. The Kier molecular flexibility index (Phi) is 2.90. The number of H-pyrrole nitrogens is 2. The number of anilines is 1. The van der Waals surface area contributed by atoms with E-state index in [0.29, 0.717) is 5.82 Å². The fourth-order valence-corrected chi connectivity index (χ4v) is 2.28. The summed E-state index contributed by atoms with van der Waals surface area (Å²) in [5, 5.41) is 14.1. The van der Waals surface area contributed by atoms with E-state index >= 15 is 0 Å². The van der Waals surface area contributed by atoms with Crippen molar-refractivity contribution in [3.8, 4) is 28.1 Å². The van der Waals surface area contributed by atoms with Crippen LogP contribution in [0.4, 0.5) is 5.82 Å². The lowest BCUT2D eigenvalue weighted by Gasteiger charge is -2.09. The van der Waals surface area contributed by atoms with Gasteiger partial charge in [-0.25, -0.2) is 0 Å². The third-order valence-electron chi connectivity index (χ3n) is 3.27. The molecule has 0 unspecified atom stereocenters. The molecule has 0 saturated heterocycles. The molecule has 2 aromatic heterocycles. The zero-order valence-corrected chi connectivity index (χ0v) is 11.3. The molecule has 0 aliphatic carbocycles. The molecule has 0 bridgehead atoms. The maximum absolute atomic E-state index is 6.02. The second-order valence-electron chi connectivity index (χ2n) is 4.47. The molecule has 0 spiro atoms. The number of nitrogens with zero attached hydrogens (tertiary/aromatic N) is 2. The monoisotopic (exact) mass is 269 g/mol. The van der Waals surface area contributed by atoms with Crippen LogP contribution >= 0.6 is 0 Å². The summed E-state index contributed by atoms with van der Waals surface area (Å²) in [7, 11) is 1.64. The third kappa shape index (κ3) is 1.82. The Bertz CT molecular complexity index is 744. The van der Waals surface area contributed by atoms with E-state index in [1.807, 2.05) is 31.2 Å². The van der Waals surface area contributed by atoms with Gasteiger partial charge in [0.15, 0.2) is 5.82 Å². The van der Waals surface area contributed by atoms with E-state index in [-0.39, 0.29) is 0 Å². The van der Waals surface area contributed by atoms with Crippen molar-refractivity contribution in [3.05, 3.63) is 36.2 Å². The number of hydrogen-bond donors (Lipinski definition) is 3. The lowest BCUT2D eigenvalue weighted by Crippen LogP contribution is -1.92. The quantitative estimate of drug-likeness (QED) is 0.680. The van der Waals surface area contributed by atoms with Gasteiger partial charge < -0.3 is 10.5 Å². The van der Waals surface area contributed by atoms with Crippen LogP contribution in [0.3, 0.4) is 0 Å². The lowest BCUT2D eigenvalue weighted by molar-refractivity contribution is 0.416. The van der Waals surface area contributed by atoms with E-state index < -0.39 is 0 Å². The summed E-state index contributed by atoms with van der Waals surface area (Å²) in [5.41, 5.74) is 10.5. The minimum Gasteiger partial charge on any atom is -0.496 e. The highest BCUT2D eigenvalue weighted by Gasteiger charge is 2.19. The summed E-state index contributed by atoms with van der Waals surface area (Å²) in [5.74, 6) is 1.19. The summed E-state index contributed by atoms with van der Waals surface area (Å²) >= 11 is 0. The SMILES string of the molecule is COc1ccccc1-c1c(N)n[nH]c1-c1cn[nH]c1C. The predicted molar refractivity (Wildman–Crippen MR) is 77.3 cm³/mol. The van der Waals surface area contributed by atoms with Crippen LogP contribution in [0.15, 0.2) is 30.5 Å². The van der Waals surface area contributed by atoms with Gasteiger partial charge >= 0.3 is 0 Å². The Morgan fingerprint density at radius 1 is 1.15 bits per heavy atom. The van der Waals surface area contributed by atoms with Gasteiger partial charge in [-0.05, 0) is 13.0 Å². The average molecular weight is 269 g/mol. The van der Waals surface area contributed by atoms with Crippen molar-refractivity contribution >= 4 is 5.82 Å². The average Bonchev–Trinajstić information content (AvgIpc) is 3.04. The number of benzene rings is 1. The number of nitrogens with one attached hydrogen (secondary N) is 2. The number of rotatable bonds is 3. The maximum Gasteiger partial charge on any atom is 0.153 e. The molecular formula is C14H15N5O. The van der Waals surface area contributed by atoms with E-state index in [0.717, 1.165) is 33.8 Å². The van der Waals surface area contributed by atoms with E-state index in [9.17, 15) is 0 Å². The van der Waals surface area contributed by atoms with Crippen molar-refractivity contribution in [2.45, 2.75) is 6.92 Å². The number of ether oxygens (including phenoxy) is 1. The number of para-hydroxylation sites is 1. The third-order valence-corrected chi connectivity index (χ3v) is 3.27. The minimum atomic E-state index is 0.435. The number of nitrogens with two attached hydrogens (primary N) is 1. The molecule has 3 rings (SSSR count). The number of methoxy groups -OCH3 is 1. The molecule has 0 amide bonds. The minimum absolute atomic E-state index is 0.435. The molecule has 20 heavy (non-hydrogen) atoms. The first kappa shape index (κ1) is 12.3. The number of aromatic nitrogens is 4. The summed E-state index contributed by atoms with van der Waals surface area (Å²) in [4.78, 5) is 0. The molecule has 2 heterocycles. The van der Waals surface area contributed by atoms with Crippen LogP contribution in [0.5, 0.6) is 5.75 Å². The molecule has 0 aliphatic heterocycles. The van der Waals surface area contributed by atoms with Gasteiger partial charge in [-0.2, -0.15) is 10.2 Å². The van der Waals surface area contributed by atoms with Crippen molar-refractivity contribution in [1.82, 2.24) is 20.4 Å². The van der Waals surface area contributed by atoms with E-state index in [4.69, 9.17) is 10.5 Å². The Hall–Kier alpha value is -2.76. The van der Waals surface area contributed by atoms with Gasteiger partial charge in [0.2, 0.25) is 0 Å². The number of aryl methyl sites for hydroxylation is 1. The first-order valence-corrected chi connectivity index (χ1v) is 6.20. The van der Waals surface area contributed by atoms with Gasteiger partial charge in [-0.15, -0.1) is 0 Å². The molecule has 0 saturated carbocycles. The van der Waals surface area contributed by atoms with Crippen LogP contribution in [0.2, 0.25) is 0 Å². The van der Waals surface area contributed by atoms with Crippen LogP contribution in [-0.4, -0.2) is 27.5 Å². The van der Waals surface area contributed by atoms with Gasteiger partial charge in [0.1, 0.15) is 5.75 Å². The Morgan fingerprint density at radius 2 is 1.95 bits per heavy atom. The van der Waals surface area contributed by atoms with Gasteiger partial charge in [-0.3, -0.25) is 10.2 Å². The van der Waals surface area contributed by atoms with Crippen LogP contribution < -0.4 is 10.5 Å². The van der Waals surface area contributed by atoms with E-state index in [2.05, 4.69) is 20.4 Å². The molecule has 0 aliphatic rings. The molecule has 102 valence electrons. The summed E-state index contributed by atoms with van der Waals surface area (Å²) < 4.78 is 5.41. The van der Waals surface area contributed by atoms with Crippen LogP contribution in [0.1, 0.15) is 5.69 Å². The van der Waals surface area contributed by atoms with Crippen molar-refractivity contribution < 1.29 is 4.74 Å². The molecule has 3 aromatic rings. The van der Waals surface area contributed by atoms with Crippen molar-refractivity contribution in [1.29, 1.82) is 0 Å². The molecular weight excluding hydrogens is 254 g/mol. The van der Waals surface area contributed by atoms with Gasteiger partial charge in [0.25, 0.3) is 0 Å². The number of hydrogen-bond acceptors (Lipinski definition) is 4. The van der Waals surface area contributed by atoms with E-state index in [1.54, 1.807) is 13.3 Å². The van der Waals surface area contributed by atoms with Crippen LogP contribution in [0, 0.1) is 6.92 Å². The second-order valence-corrected chi connectivity index (χ2v) is 4.47. The number of aromatic amines is 2. The first-order valence-electron chi connectivity index (χ1n) is 6.20. The molecule has 0 atom stereocenters. The largest absolute Gasteiger partial charge is 0.496 e. The fourth-order valence-electron chi connectivity index (χ4n) is 2.28. The van der Waals surface area contributed by atoms with Gasteiger partial charge in [0.05, 0.1) is 24.6 Å². The number of nitrogen functional groups attached to an aromatic ring is 1. The molecule has 4 N–H and O–H groups in total. The second kappa shape index (κ2) is 4.73. The highest BCUT2D eigenvalue weighted by Crippen LogP contribution is 2.39.